The summed E-state index contributed by atoms with van der Waals surface area (Å²) in [6, 6.07) is 15.4. The number of halogens is 5. The summed E-state index contributed by atoms with van der Waals surface area (Å²) in [5.74, 6) is -1.62. The van der Waals surface area contributed by atoms with Crippen LogP contribution in [0, 0.1) is 18.6 Å². The molecule has 200 valence electrons. The summed E-state index contributed by atoms with van der Waals surface area (Å²) in [4.78, 5) is 8.36. The van der Waals surface area contributed by atoms with Gasteiger partial charge in [0.2, 0.25) is 4.80 Å². The molecule has 4 aromatic rings. The second-order valence-corrected chi connectivity index (χ2v) is 8.67. The van der Waals surface area contributed by atoms with Crippen molar-refractivity contribution >= 4 is 35.4 Å². The minimum absolute atomic E-state index is 0.158. The van der Waals surface area contributed by atoms with Crippen LogP contribution in [0.2, 0.25) is 0 Å². The SMILES string of the molecule is Cc1cs/c(=N/N=C\c2ccc(C(N)=NC=Nc3ccc(OC(F)(F)F)cc3)cc2)n1-c1c(F)cccc1F. The molecule has 1 aromatic heterocycles. The summed E-state index contributed by atoms with van der Waals surface area (Å²) in [6.07, 6.45) is -2.11. The van der Waals surface area contributed by atoms with Gasteiger partial charge in [-0.3, -0.25) is 4.57 Å². The zero-order valence-corrected chi connectivity index (χ0v) is 20.9. The van der Waals surface area contributed by atoms with Crippen LogP contribution >= 0.6 is 11.3 Å². The van der Waals surface area contributed by atoms with E-state index in [1.54, 1.807) is 36.6 Å². The molecule has 0 fully saturated rings. The molecular formula is C26H19F5N6OS. The van der Waals surface area contributed by atoms with E-state index in [4.69, 9.17) is 5.73 Å². The van der Waals surface area contributed by atoms with E-state index in [0.29, 0.717) is 27.3 Å². The number of hydrogen-bond acceptors (Lipinski definition) is 5. The van der Waals surface area contributed by atoms with Gasteiger partial charge in [-0.1, -0.05) is 30.3 Å². The van der Waals surface area contributed by atoms with Crippen LogP contribution in [0.1, 0.15) is 16.8 Å². The molecule has 0 radical (unpaired) electrons. The van der Waals surface area contributed by atoms with Crippen molar-refractivity contribution in [3.8, 4) is 11.4 Å². The molecule has 1 heterocycles. The number of hydrogen-bond donors (Lipinski definition) is 1. The Morgan fingerprint density at radius 1 is 0.974 bits per heavy atom. The fourth-order valence-electron chi connectivity index (χ4n) is 3.29. The number of ether oxygens (including phenoxy) is 1. The van der Waals surface area contributed by atoms with Gasteiger partial charge in [-0.15, -0.1) is 29.6 Å². The molecule has 7 nitrogen and oxygen atoms in total. The van der Waals surface area contributed by atoms with Crippen molar-refractivity contribution in [2.24, 2.45) is 25.9 Å². The summed E-state index contributed by atoms with van der Waals surface area (Å²) in [5, 5.41) is 9.88. The van der Waals surface area contributed by atoms with E-state index in [2.05, 4.69) is 24.9 Å². The number of aliphatic imine (C=N–C) groups is 2. The largest absolute Gasteiger partial charge is 0.573 e. The number of aromatic nitrogens is 1. The molecule has 2 N–H and O–H groups in total. The first-order chi connectivity index (χ1) is 18.6. The van der Waals surface area contributed by atoms with Crippen LogP contribution in [-0.2, 0) is 0 Å². The number of amidine groups is 1. The Bertz CT molecular complexity index is 1580. The number of nitrogens with zero attached hydrogens (tertiary/aromatic N) is 5. The highest BCUT2D eigenvalue weighted by molar-refractivity contribution is 7.07. The highest BCUT2D eigenvalue weighted by atomic mass is 32.1. The first-order valence-corrected chi connectivity index (χ1v) is 12.0. The summed E-state index contributed by atoms with van der Waals surface area (Å²) < 4.78 is 70.4. The van der Waals surface area contributed by atoms with Crippen LogP contribution < -0.4 is 15.3 Å². The molecule has 13 heteroatoms. The van der Waals surface area contributed by atoms with E-state index in [1.807, 2.05) is 0 Å². The minimum Gasteiger partial charge on any atom is -0.406 e. The number of alkyl halides is 3. The van der Waals surface area contributed by atoms with Crippen molar-refractivity contribution in [2.45, 2.75) is 13.3 Å². The molecule has 0 spiro atoms. The summed E-state index contributed by atoms with van der Waals surface area (Å²) in [6.45, 7) is 1.71. The van der Waals surface area contributed by atoms with Gasteiger partial charge in [-0.2, -0.15) is 5.10 Å². The van der Waals surface area contributed by atoms with Gasteiger partial charge in [0.05, 0.1) is 11.9 Å². The van der Waals surface area contributed by atoms with E-state index < -0.39 is 18.0 Å². The van der Waals surface area contributed by atoms with Crippen LogP contribution in [0.5, 0.6) is 5.75 Å². The lowest BCUT2D eigenvalue weighted by molar-refractivity contribution is -0.274. The predicted octanol–water partition coefficient (Wildman–Crippen LogP) is 6.02. The summed E-state index contributed by atoms with van der Waals surface area (Å²) >= 11 is 1.19. The Morgan fingerprint density at radius 3 is 2.28 bits per heavy atom. The smallest absolute Gasteiger partial charge is 0.406 e. The maximum atomic E-state index is 14.3. The summed E-state index contributed by atoms with van der Waals surface area (Å²) in [7, 11) is 0. The Kier molecular flexibility index (Phi) is 8.30. The first-order valence-electron chi connectivity index (χ1n) is 11.1. The third-order valence-corrected chi connectivity index (χ3v) is 6.00. The normalized spacial score (nSPS) is 13.1. The van der Waals surface area contributed by atoms with Gasteiger partial charge in [-0.05, 0) is 48.9 Å². The van der Waals surface area contributed by atoms with Crippen molar-refractivity contribution in [1.82, 2.24) is 4.57 Å². The zero-order chi connectivity index (χ0) is 28.0. The molecule has 3 aromatic carbocycles. The highest BCUT2D eigenvalue weighted by Crippen LogP contribution is 2.24. The van der Waals surface area contributed by atoms with Gasteiger partial charge in [0.1, 0.15) is 35.2 Å². The topological polar surface area (TPSA) is 89.6 Å². The molecule has 0 saturated heterocycles. The lowest BCUT2D eigenvalue weighted by Crippen LogP contribution is -2.16. The van der Waals surface area contributed by atoms with Crippen molar-refractivity contribution in [1.29, 1.82) is 0 Å². The maximum Gasteiger partial charge on any atom is 0.573 e. The van der Waals surface area contributed by atoms with Gasteiger partial charge >= 0.3 is 6.36 Å². The van der Waals surface area contributed by atoms with Crippen LogP contribution in [0.4, 0.5) is 27.6 Å². The van der Waals surface area contributed by atoms with E-state index in [1.165, 1.54) is 58.8 Å². The minimum atomic E-state index is -4.77. The van der Waals surface area contributed by atoms with Crippen LogP contribution in [-0.4, -0.2) is 29.3 Å². The molecule has 0 unspecified atom stereocenters. The lowest BCUT2D eigenvalue weighted by atomic mass is 10.1. The zero-order valence-electron chi connectivity index (χ0n) is 20.1. The Hall–Kier alpha value is -4.65. The van der Waals surface area contributed by atoms with Crippen molar-refractivity contribution in [3.05, 3.63) is 105 Å². The van der Waals surface area contributed by atoms with Crippen LogP contribution in [0.25, 0.3) is 5.69 Å². The lowest BCUT2D eigenvalue weighted by Gasteiger charge is -2.08. The molecule has 0 atom stereocenters. The average molecular weight is 559 g/mol. The number of thiazole rings is 1. The van der Waals surface area contributed by atoms with Crippen molar-refractivity contribution in [3.63, 3.8) is 0 Å². The number of aryl methyl sites for hydroxylation is 1. The third kappa shape index (κ3) is 7.23. The number of para-hydroxylation sites is 1. The fraction of sp³-hybridized carbons (Fsp3) is 0.0769. The molecule has 0 aliphatic carbocycles. The number of benzene rings is 3. The molecule has 4 rings (SSSR count). The molecule has 0 bridgehead atoms. The average Bonchev–Trinajstić information content (AvgIpc) is 3.24. The maximum absolute atomic E-state index is 14.3. The Morgan fingerprint density at radius 2 is 1.64 bits per heavy atom. The summed E-state index contributed by atoms with van der Waals surface area (Å²) in [5.41, 5.74) is 7.99. The number of rotatable bonds is 7. The molecule has 0 aliphatic rings. The van der Waals surface area contributed by atoms with Gasteiger partial charge in [0.15, 0.2) is 0 Å². The Balaban J connectivity index is 1.43. The molecule has 0 aliphatic heterocycles. The monoisotopic (exact) mass is 558 g/mol. The second-order valence-electron chi connectivity index (χ2n) is 7.83. The first kappa shape index (κ1) is 27.4. The molecular weight excluding hydrogens is 539 g/mol. The van der Waals surface area contributed by atoms with Gasteiger partial charge in [0, 0.05) is 16.6 Å². The molecule has 0 saturated carbocycles. The predicted molar refractivity (Wildman–Crippen MR) is 140 cm³/mol. The quantitative estimate of drug-likeness (QED) is 0.130. The number of nitrogens with two attached hydrogens (primary N) is 1. The van der Waals surface area contributed by atoms with E-state index in [-0.39, 0.29) is 17.3 Å². The van der Waals surface area contributed by atoms with Gasteiger partial charge in [-0.25, -0.2) is 18.8 Å². The van der Waals surface area contributed by atoms with E-state index >= 15 is 0 Å². The molecule has 0 amide bonds. The third-order valence-electron chi connectivity index (χ3n) is 5.07. The standard InChI is InChI=1S/C26H19F5N6OS/c1-16-14-39-25(37(16)23-21(27)3-2-4-22(23)28)36-35-13-17-5-7-18(8-6-17)24(32)34-15-33-19-9-11-20(12-10-19)38-26(29,30)31/h2-15H,1H3,(H2,32,33,34)/b35-13-,36-25+. The van der Waals surface area contributed by atoms with Crippen molar-refractivity contribution < 1.29 is 26.7 Å². The van der Waals surface area contributed by atoms with Gasteiger partial charge < -0.3 is 10.5 Å². The van der Waals surface area contributed by atoms with Crippen LogP contribution in [0.15, 0.2) is 92.3 Å². The highest BCUT2D eigenvalue weighted by Gasteiger charge is 2.30. The van der Waals surface area contributed by atoms with Crippen LogP contribution in [0.3, 0.4) is 0 Å². The Labute approximate surface area is 222 Å². The second kappa shape index (κ2) is 11.8. The fourth-order valence-corrected chi connectivity index (χ4v) is 4.10. The van der Waals surface area contributed by atoms with E-state index in [0.717, 1.165) is 12.1 Å². The van der Waals surface area contributed by atoms with Crippen molar-refractivity contribution in [2.75, 3.05) is 0 Å². The van der Waals surface area contributed by atoms with E-state index in [9.17, 15) is 22.0 Å². The van der Waals surface area contributed by atoms with Gasteiger partial charge in [0.25, 0.3) is 0 Å². The molecule has 39 heavy (non-hydrogen) atoms.